The van der Waals surface area contributed by atoms with Crippen molar-refractivity contribution in [2.75, 3.05) is 65.5 Å². The van der Waals surface area contributed by atoms with E-state index < -0.39 is 5.92 Å². The second-order valence-corrected chi connectivity index (χ2v) is 9.01. The number of aliphatic hydroxyl groups is 1. The molecular formula is C26H28N2O8. The van der Waals surface area contributed by atoms with E-state index in [4.69, 9.17) is 28.4 Å². The molecule has 10 nitrogen and oxygen atoms in total. The molecule has 0 bridgehead atoms. The fraction of sp³-hybridized carbons (Fsp3) is 0.423. The van der Waals surface area contributed by atoms with Crippen LogP contribution in [0.3, 0.4) is 0 Å². The number of anilines is 1. The molecule has 190 valence electrons. The fourth-order valence-corrected chi connectivity index (χ4v) is 5.43. The van der Waals surface area contributed by atoms with Crippen molar-refractivity contribution < 1.29 is 38.3 Å². The highest BCUT2D eigenvalue weighted by molar-refractivity contribution is 5.98. The summed E-state index contributed by atoms with van der Waals surface area (Å²) >= 11 is 0. The Bertz CT molecular complexity index is 1210. The Kier molecular flexibility index (Phi) is 5.87. The van der Waals surface area contributed by atoms with E-state index in [9.17, 15) is 9.90 Å². The minimum absolute atomic E-state index is 0.145. The zero-order valence-electron chi connectivity index (χ0n) is 20.2. The number of carbonyl (C=O) groups excluding carboxylic acids is 1. The van der Waals surface area contributed by atoms with Crippen LogP contribution in [-0.2, 0) is 20.9 Å². The van der Waals surface area contributed by atoms with Gasteiger partial charge in [-0.15, -0.1) is 0 Å². The maximum absolute atomic E-state index is 13.2. The molecular weight excluding hydrogens is 468 g/mol. The SMILES string of the molecule is COc1cc(C2C3=C(COC3=O)N(CN3CCOCC3)c3cc4c(cc32)OCO4)cc(CO)c1OC. The molecule has 1 N–H and O–H groups in total. The van der Waals surface area contributed by atoms with Crippen LogP contribution in [0.4, 0.5) is 5.69 Å². The Morgan fingerprint density at radius 2 is 1.81 bits per heavy atom. The van der Waals surface area contributed by atoms with Crippen LogP contribution in [0.25, 0.3) is 0 Å². The normalized spacial score (nSPS) is 20.8. The van der Waals surface area contributed by atoms with Crippen LogP contribution in [0.2, 0.25) is 0 Å². The van der Waals surface area contributed by atoms with Crippen molar-refractivity contribution in [3.63, 3.8) is 0 Å². The number of benzene rings is 2. The monoisotopic (exact) mass is 496 g/mol. The van der Waals surface area contributed by atoms with Gasteiger partial charge in [0.25, 0.3) is 0 Å². The molecule has 1 fully saturated rings. The molecule has 36 heavy (non-hydrogen) atoms. The van der Waals surface area contributed by atoms with E-state index in [1.807, 2.05) is 24.3 Å². The van der Waals surface area contributed by atoms with Crippen LogP contribution in [0.15, 0.2) is 35.5 Å². The maximum atomic E-state index is 13.2. The average molecular weight is 497 g/mol. The van der Waals surface area contributed by atoms with Gasteiger partial charge in [-0.3, -0.25) is 4.90 Å². The number of ether oxygens (including phenoxy) is 6. The standard InChI is InChI=1S/C26H28N2O8/c1-31-22-8-15(7-16(11-29)25(22)32-2)23-17-9-20-21(36-14-35-20)10-18(17)28(13-27-3-5-33-6-4-27)19-12-34-26(30)24(19)23/h7-10,23,29H,3-6,11-14H2,1-2H3. The van der Waals surface area contributed by atoms with Crippen LogP contribution >= 0.6 is 0 Å². The zero-order chi connectivity index (χ0) is 24.8. The van der Waals surface area contributed by atoms with Crippen molar-refractivity contribution in [3.8, 4) is 23.0 Å². The predicted molar refractivity (Wildman–Crippen MR) is 128 cm³/mol. The third-order valence-corrected chi connectivity index (χ3v) is 7.14. The van der Waals surface area contributed by atoms with E-state index in [2.05, 4.69) is 9.80 Å². The molecule has 4 aliphatic heterocycles. The summed E-state index contributed by atoms with van der Waals surface area (Å²) in [5.74, 6) is 1.42. The van der Waals surface area contributed by atoms with E-state index in [0.717, 1.165) is 35.6 Å². The summed E-state index contributed by atoms with van der Waals surface area (Å²) in [5.41, 5.74) is 4.57. The maximum Gasteiger partial charge on any atom is 0.337 e. The average Bonchev–Trinajstić information content (AvgIpc) is 3.53. The van der Waals surface area contributed by atoms with Crippen molar-refractivity contribution in [1.29, 1.82) is 0 Å². The van der Waals surface area contributed by atoms with Crippen molar-refractivity contribution >= 4 is 11.7 Å². The third kappa shape index (κ3) is 3.64. The summed E-state index contributed by atoms with van der Waals surface area (Å²) in [6.07, 6.45) is 0. The van der Waals surface area contributed by atoms with Gasteiger partial charge in [-0.2, -0.15) is 0 Å². The number of hydrogen-bond donors (Lipinski definition) is 1. The molecule has 4 heterocycles. The largest absolute Gasteiger partial charge is 0.493 e. The second-order valence-electron chi connectivity index (χ2n) is 9.01. The second kappa shape index (κ2) is 9.20. The number of morpholine rings is 1. The quantitative estimate of drug-likeness (QED) is 0.598. The Labute approximate surface area is 208 Å². The molecule has 0 spiro atoms. The lowest BCUT2D eigenvalue weighted by molar-refractivity contribution is -0.136. The van der Waals surface area contributed by atoms with E-state index in [-0.39, 0.29) is 26.0 Å². The minimum Gasteiger partial charge on any atom is -0.493 e. The Balaban J connectivity index is 1.54. The molecule has 0 aromatic heterocycles. The zero-order valence-corrected chi connectivity index (χ0v) is 20.2. The van der Waals surface area contributed by atoms with Gasteiger partial charge in [-0.05, 0) is 29.3 Å². The third-order valence-electron chi connectivity index (χ3n) is 7.14. The summed E-state index contributed by atoms with van der Waals surface area (Å²) in [5, 5.41) is 10.1. The molecule has 1 atom stereocenters. The predicted octanol–water partition coefficient (Wildman–Crippen LogP) is 1.98. The van der Waals surface area contributed by atoms with Crippen LogP contribution in [0.1, 0.15) is 22.6 Å². The number of cyclic esters (lactones) is 1. The highest BCUT2D eigenvalue weighted by atomic mass is 16.7. The fourth-order valence-electron chi connectivity index (χ4n) is 5.43. The van der Waals surface area contributed by atoms with Gasteiger partial charge >= 0.3 is 5.97 Å². The van der Waals surface area contributed by atoms with Gasteiger partial charge in [0.1, 0.15) is 6.61 Å². The number of fused-ring (bicyclic) bond motifs is 2. The Hall–Kier alpha value is -3.47. The smallest absolute Gasteiger partial charge is 0.337 e. The summed E-state index contributed by atoms with van der Waals surface area (Å²) in [6, 6.07) is 7.63. The Morgan fingerprint density at radius 1 is 1.03 bits per heavy atom. The van der Waals surface area contributed by atoms with E-state index in [1.54, 1.807) is 7.11 Å². The first-order valence-corrected chi connectivity index (χ1v) is 11.9. The number of carbonyl (C=O) groups is 1. The lowest BCUT2D eigenvalue weighted by atomic mass is 9.79. The summed E-state index contributed by atoms with van der Waals surface area (Å²) in [7, 11) is 3.08. The van der Waals surface area contributed by atoms with Crippen LogP contribution in [0, 0.1) is 0 Å². The molecule has 2 aromatic carbocycles. The molecule has 1 unspecified atom stereocenters. The number of methoxy groups -OCH3 is 2. The van der Waals surface area contributed by atoms with Crippen molar-refractivity contribution in [2.24, 2.45) is 0 Å². The van der Waals surface area contributed by atoms with E-state index in [0.29, 0.717) is 54.0 Å². The molecule has 6 rings (SSSR count). The highest BCUT2D eigenvalue weighted by Crippen LogP contribution is 2.52. The molecule has 2 aromatic rings. The number of esters is 1. The number of aliphatic hydroxyl groups excluding tert-OH is 1. The van der Waals surface area contributed by atoms with Gasteiger partial charge in [0, 0.05) is 30.6 Å². The molecule has 10 heteroatoms. The first-order chi connectivity index (χ1) is 17.6. The van der Waals surface area contributed by atoms with Gasteiger partial charge in [0.05, 0.1) is 57.7 Å². The van der Waals surface area contributed by atoms with E-state index >= 15 is 0 Å². The van der Waals surface area contributed by atoms with Crippen LogP contribution < -0.4 is 23.8 Å². The summed E-state index contributed by atoms with van der Waals surface area (Å²) in [4.78, 5) is 17.6. The van der Waals surface area contributed by atoms with E-state index in [1.165, 1.54) is 7.11 Å². The topological polar surface area (TPSA) is 99.2 Å². The number of nitrogens with zero attached hydrogens (tertiary/aromatic N) is 2. The molecule has 0 amide bonds. The van der Waals surface area contributed by atoms with Crippen LogP contribution in [-0.4, -0.2) is 76.6 Å². The minimum atomic E-state index is -0.453. The van der Waals surface area contributed by atoms with Gasteiger partial charge in [-0.1, -0.05) is 0 Å². The molecule has 1 saturated heterocycles. The van der Waals surface area contributed by atoms with Crippen molar-refractivity contribution in [3.05, 3.63) is 52.2 Å². The lowest BCUT2D eigenvalue weighted by Gasteiger charge is -2.39. The van der Waals surface area contributed by atoms with Gasteiger partial charge in [0.15, 0.2) is 23.0 Å². The van der Waals surface area contributed by atoms with Crippen LogP contribution in [0.5, 0.6) is 23.0 Å². The van der Waals surface area contributed by atoms with Crippen molar-refractivity contribution in [1.82, 2.24) is 4.90 Å². The Morgan fingerprint density at radius 3 is 2.53 bits per heavy atom. The number of rotatable bonds is 6. The summed E-state index contributed by atoms with van der Waals surface area (Å²) < 4.78 is 33.6. The summed E-state index contributed by atoms with van der Waals surface area (Å²) in [6.45, 7) is 3.61. The first kappa shape index (κ1) is 23.0. The van der Waals surface area contributed by atoms with Gasteiger partial charge < -0.3 is 38.4 Å². The molecule has 4 aliphatic rings. The van der Waals surface area contributed by atoms with Crippen molar-refractivity contribution in [2.45, 2.75) is 12.5 Å². The molecule has 0 radical (unpaired) electrons. The molecule has 0 aliphatic carbocycles. The first-order valence-electron chi connectivity index (χ1n) is 11.9. The highest BCUT2D eigenvalue weighted by Gasteiger charge is 2.43. The lowest BCUT2D eigenvalue weighted by Crippen LogP contribution is -2.45. The molecule has 0 saturated carbocycles. The van der Waals surface area contributed by atoms with Gasteiger partial charge in [-0.25, -0.2) is 4.79 Å². The van der Waals surface area contributed by atoms with Gasteiger partial charge in [0.2, 0.25) is 6.79 Å². The number of hydrogen-bond acceptors (Lipinski definition) is 10.